The minimum absolute atomic E-state index is 0.0741. The van der Waals surface area contributed by atoms with Crippen LogP contribution < -0.4 is 9.47 Å². The molecule has 5 nitrogen and oxygen atoms in total. The average Bonchev–Trinajstić information content (AvgIpc) is 2.26. The fourth-order valence-corrected chi connectivity index (χ4v) is 1.18. The highest BCUT2D eigenvalue weighted by atomic mass is 16.5. The van der Waals surface area contributed by atoms with E-state index in [0.29, 0.717) is 0 Å². The van der Waals surface area contributed by atoms with Gasteiger partial charge in [-0.3, -0.25) is 4.79 Å². The summed E-state index contributed by atoms with van der Waals surface area (Å²) in [6.07, 6.45) is 0. The number of benzene rings is 1. The summed E-state index contributed by atoms with van der Waals surface area (Å²) in [5.74, 6) is -2.23. The number of carboxylic acids is 1. The first kappa shape index (κ1) is 11.0. The Kier molecular flexibility index (Phi) is 3.28. The molecule has 0 unspecified atom stereocenters. The lowest BCUT2D eigenvalue weighted by molar-refractivity contribution is -0.131. The Labute approximate surface area is 86.2 Å². The minimum Gasteiger partial charge on any atom is -0.496 e. The first-order valence-corrected chi connectivity index (χ1v) is 4.10. The molecule has 0 aliphatic carbocycles. The zero-order chi connectivity index (χ0) is 11.4. The largest absolute Gasteiger partial charge is 0.496 e. The molecule has 5 heteroatoms. The molecule has 1 N–H and O–H groups in total. The molecule has 0 aromatic heterocycles. The van der Waals surface area contributed by atoms with E-state index in [9.17, 15) is 9.59 Å². The SMILES string of the molecule is COc1cccc(OC)c1C(=O)C(=O)O. The predicted molar refractivity (Wildman–Crippen MR) is 51.5 cm³/mol. The van der Waals surface area contributed by atoms with E-state index in [0.717, 1.165) is 0 Å². The van der Waals surface area contributed by atoms with Gasteiger partial charge in [0.2, 0.25) is 0 Å². The van der Waals surface area contributed by atoms with Gasteiger partial charge in [0.05, 0.1) is 14.2 Å². The number of Topliss-reactive ketones (excluding diaryl/α,β-unsaturated/α-hetero) is 1. The Morgan fingerprint density at radius 1 is 1.13 bits per heavy atom. The van der Waals surface area contributed by atoms with Gasteiger partial charge in [0.25, 0.3) is 5.78 Å². The molecule has 0 spiro atoms. The maximum atomic E-state index is 11.3. The van der Waals surface area contributed by atoms with Crippen LogP contribution in [0, 0.1) is 0 Å². The van der Waals surface area contributed by atoms with Crippen molar-refractivity contribution >= 4 is 11.8 Å². The van der Waals surface area contributed by atoms with Gasteiger partial charge in [-0.05, 0) is 12.1 Å². The summed E-state index contributed by atoms with van der Waals surface area (Å²) >= 11 is 0. The number of hydrogen-bond donors (Lipinski definition) is 1. The van der Waals surface area contributed by atoms with E-state index in [2.05, 4.69) is 0 Å². The third kappa shape index (κ3) is 2.07. The van der Waals surface area contributed by atoms with Crippen LogP contribution in [0.3, 0.4) is 0 Å². The zero-order valence-electron chi connectivity index (χ0n) is 8.31. The third-order valence-electron chi connectivity index (χ3n) is 1.85. The molecule has 1 aromatic rings. The van der Waals surface area contributed by atoms with Crippen molar-refractivity contribution in [3.63, 3.8) is 0 Å². The lowest BCUT2D eigenvalue weighted by Crippen LogP contribution is -2.15. The van der Waals surface area contributed by atoms with Crippen LogP contribution in [0.25, 0.3) is 0 Å². The van der Waals surface area contributed by atoms with Crippen molar-refractivity contribution in [2.75, 3.05) is 14.2 Å². The fourth-order valence-electron chi connectivity index (χ4n) is 1.18. The summed E-state index contributed by atoms with van der Waals surface area (Å²) in [7, 11) is 2.71. The highest BCUT2D eigenvalue weighted by Crippen LogP contribution is 2.28. The second-order valence-electron chi connectivity index (χ2n) is 2.67. The molecule has 0 radical (unpaired) electrons. The standard InChI is InChI=1S/C10H10O5/c1-14-6-4-3-5-7(15-2)8(6)9(11)10(12)13/h3-5H,1-2H3,(H,12,13). The quantitative estimate of drug-likeness (QED) is 0.592. The van der Waals surface area contributed by atoms with Crippen molar-refractivity contribution in [1.29, 1.82) is 0 Å². The van der Waals surface area contributed by atoms with E-state index in [1.165, 1.54) is 26.4 Å². The van der Waals surface area contributed by atoms with E-state index < -0.39 is 11.8 Å². The Morgan fingerprint density at radius 3 is 1.93 bits per heavy atom. The van der Waals surface area contributed by atoms with Crippen molar-refractivity contribution < 1.29 is 24.2 Å². The van der Waals surface area contributed by atoms with Gasteiger partial charge in [-0.15, -0.1) is 0 Å². The highest BCUT2D eigenvalue weighted by Gasteiger charge is 2.23. The maximum absolute atomic E-state index is 11.3. The molecule has 1 aromatic carbocycles. The molecule has 0 fully saturated rings. The molecular weight excluding hydrogens is 200 g/mol. The van der Waals surface area contributed by atoms with Crippen molar-refractivity contribution in [3.05, 3.63) is 23.8 Å². The van der Waals surface area contributed by atoms with Crippen LogP contribution in [-0.2, 0) is 4.79 Å². The van der Waals surface area contributed by atoms with E-state index in [-0.39, 0.29) is 17.1 Å². The molecule has 0 saturated carbocycles. The molecule has 0 amide bonds. The molecule has 0 aliphatic heterocycles. The number of rotatable bonds is 4. The number of carboxylic acid groups (broad SMARTS) is 1. The number of hydrogen-bond acceptors (Lipinski definition) is 4. The first-order valence-electron chi connectivity index (χ1n) is 4.10. The van der Waals surface area contributed by atoms with Crippen molar-refractivity contribution in [2.45, 2.75) is 0 Å². The smallest absolute Gasteiger partial charge is 0.377 e. The summed E-state index contributed by atoms with van der Waals surface area (Å²) in [5.41, 5.74) is -0.0741. The normalized spacial score (nSPS) is 9.47. The monoisotopic (exact) mass is 210 g/mol. The summed E-state index contributed by atoms with van der Waals surface area (Å²) in [6.45, 7) is 0. The molecule has 0 heterocycles. The van der Waals surface area contributed by atoms with Gasteiger partial charge >= 0.3 is 5.97 Å². The molecule has 0 atom stereocenters. The van der Waals surface area contributed by atoms with Crippen LogP contribution in [-0.4, -0.2) is 31.1 Å². The van der Waals surface area contributed by atoms with Crippen LogP contribution in [0.5, 0.6) is 11.5 Å². The number of ether oxygens (including phenoxy) is 2. The lowest BCUT2D eigenvalue weighted by atomic mass is 10.1. The third-order valence-corrected chi connectivity index (χ3v) is 1.85. The van der Waals surface area contributed by atoms with Gasteiger partial charge in [-0.2, -0.15) is 0 Å². The zero-order valence-corrected chi connectivity index (χ0v) is 8.31. The number of carbonyl (C=O) groups excluding carboxylic acids is 1. The summed E-state index contributed by atoms with van der Waals surface area (Å²) in [5, 5.41) is 8.61. The van der Waals surface area contributed by atoms with Crippen LogP contribution in [0.15, 0.2) is 18.2 Å². The maximum Gasteiger partial charge on any atom is 0.377 e. The van der Waals surface area contributed by atoms with Crippen molar-refractivity contribution in [1.82, 2.24) is 0 Å². The molecule has 1 rings (SSSR count). The van der Waals surface area contributed by atoms with Crippen LogP contribution in [0.1, 0.15) is 10.4 Å². The van der Waals surface area contributed by atoms with Gasteiger partial charge in [0, 0.05) is 0 Å². The van der Waals surface area contributed by atoms with Gasteiger partial charge < -0.3 is 14.6 Å². The van der Waals surface area contributed by atoms with Crippen LogP contribution in [0.4, 0.5) is 0 Å². The Balaban J connectivity index is 3.34. The van der Waals surface area contributed by atoms with Gasteiger partial charge in [-0.25, -0.2) is 4.79 Å². The Bertz CT molecular complexity index is 375. The number of carbonyl (C=O) groups is 2. The Morgan fingerprint density at radius 2 is 1.60 bits per heavy atom. The topological polar surface area (TPSA) is 72.8 Å². The summed E-state index contributed by atoms with van der Waals surface area (Å²) < 4.78 is 9.79. The van der Waals surface area contributed by atoms with Gasteiger partial charge in [-0.1, -0.05) is 6.07 Å². The molecule has 0 saturated heterocycles. The average molecular weight is 210 g/mol. The number of aliphatic carboxylic acids is 1. The fraction of sp³-hybridized carbons (Fsp3) is 0.200. The lowest BCUT2D eigenvalue weighted by Gasteiger charge is -2.09. The molecule has 15 heavy (non-hydrogen) atoms. The highest BCUT2D eigenvalue weighted by molar-refractivity contribution is 6.41. The summed E-state index contributed by atoms with van der Waals surface area (Å²) in [4.78, 5) is 21.9. The second kappa shape index (κ2) is 4.45. The molecule has 80 valence electrons. The first-order chi connectivity index (χ1) is 7.11. The van der Waals surface area contributed by atoms with Crippen LogP contribution in [0.2, 0.25) is 0 Å². The van der Waals surface area contributed by atoms with Crippen molar-refractivity contribution in [2.24, 2.45) is 0 Å². The van der Waals surface area contributed by atoms with Gasteiger partial charge in [0.1, 0.15) is 17.1 Å². The predicted octanol–water partition coefficient (Wildman–Crippen LogP) is 0.971. The van der Waals surface area contributed by atoms with E-state index in [1.807, 2.05) is 0 Å². The van der Waals surface area contributed by atoms with Crippen LogP contribution >= 0.6 is 0 Å². The molecule has 0 aliphatic rings. The number of methoxy groups -OCH3 is 2. The molecular formula is C10H10O5. The van der Waals surface area contributed by atoms with Crippen molar-refractivity contribution in [3.8, 4) is 11.5 Å². The van der Waals surface area contributed by atoms with E-state index in [4.69, 9.17) is 14.6 Å². The van der Waals surface area contributed by atoms with Gasteiger partial charge in [0.15, 0.2) is 0 Å². The second-order valence-corrected chi connectivity index (χ2v) is 2.67. The number of ketones is 1. The van der Waals surface area contributed by atoms with E-state index in [1.54, 1.807) is 6.07 Å². The Hall–Kier alpha value is -2.04. The molecule has 0 bridgehead atoms. The summed E-state index contributed by atoms with van der Waals surface area (Å²) in [6, 6.07) is 4.60. The minimum atomic E-state index is -1.54. The van der Waals surface area contributed by atoms with E-state index >= 15 is 0 Å².